The number of rotatable bonds is 11. The molecule has 1 amide bonds. The Hall–Kier alpha value is -2.56. The molecule has 2 aromatic carbocycles. The lowest BCUT2D eigenvalue weighted by Gasteiger charge is -2.17. The van der Waals surface area contributed by atoms with Gasteiger partial charge in [0.15, 0.2) is 0 Å². The molecule has 1 unspecified atom stereocenters. The second-order valence-corrected chi connectivity index (χ2v) is 10.9. The van der Waals surface area contributed by atoms with E-state index < -0.39 is 31.8 Å². The number of benzene rings is 2. The molecular formula is C21H25FN2O5S2. The second kappa shape index (κ2) is 11.2. The molecule has 0 aliphatic carbocycles. The van der Waals surface area contributed by atoms with E-state index in [4.69, 9.17) is 0 Å². The van der Waals surface area contributed by atoms with E-state index in [9.17, 15) is 26.0 Å². The van der Waals surface area contributed by atoms with Crippen LogP contribution in [0.25, 0.3) is 6.08 Å². The van der Waals surface area contributed by atoms with Crippen LogP contribution in [0, 0.1) is 5.82 Å². The zero-order valence-electron chi connectivity index (χ0n) is 17.0. The maximum atomic E-state index is 13.0. The lowest BCUT2D eigenvalue weighted by molar-refractivity contribution is -0.122. The lowest BCUT2D eigenvalue weighted by Crippen LogP contribution is -2.47. The van der Waals surface area contributed by atoms with Crippen LogP contribution in [-0.4, -0.2) is 47.3 Å². The molecule has 7 nitrogen and oxygen atoms in total. The predicted octanol–water partition coefficient (Wildman–Crippen LogP) is 1.88. The van der Waals surface area contributed by atoms with Gasteiger partial charge >= 0.3 is 0 Å². The van der Waals surface area contributed by atoms with Crippen molar-refractivity contribution >= 4 is 31.8 Å². The highest BCUT2D eigenvalue weighted by atomic mass is 32.2. The zero-order valence-corrected chi connectivity index (χ0v) is 18.6. The van der Waals surface area contributed by atoms with Crippen molar-refractivity contribution in [2.24, 2.45) is 0 Å². The first-order valence-corrected chi connectivity index (χ1v) is 13.1. The minimum absolute atomic E-state index is 0.182. The quantitative estimate of drug-likeness (QED) is 0.523. The number of nitrogens with one attached hydrogen (secondary N) is 2. The molecule has 0 bridgehead atoms. The van der Waals surface area contributed by atoms with E-state index in [2.05, 4.69) is 10.0 Å². The number of carbonyl (C=O) groups is 1. The summed E-state index contributed by atoms with van der Waals surface area (Å²) in [5, 5.41) is 3.53. The second-order valence-electron chi connectivity index (χ2n) is 7.01. The van der Waals surface area contributed by atoms with Gasteiger partial charge in [0.05, 0.1) is 5.75 Å². The van der Waals surface area contributed by atoms with Gasteiger partial charge in [-0.1, -0.05) is 42.5 Å². The molecule has 0 saturated carbocycles. The summed E-state index contributed by atoms with van der Waals surface area (Å²) in [4.78, 5) is 12.5. The SMILES string of the molecule is CS(=O)(=O)CCC(NS(=O)(=O)/C=C/c1ccccc1)C(=O)NCCc1ccc(F)cc1. The molecule has 2 rings (SSSR count). The Morgan fingerprint density at radius 3 is 2.29 bits per heavy atom. The van der Waals surface area contributed by atoms with Crippen LogP contribution in [0.2, 0.25) is 0 Å². The van der Waals surface area contributed by atoms with Crippen molar-refractivity contribution in [1.29, 1.82) is 0 Å². The van der Waals surface area contributed by atoms with E-state index in [1.807, 2.05) is 0 Å². The van der Waals surface area contributed by atoms with E-state index in [1.54, 1.807) is 42.5 Å². The van der Waals surface area contributed by atoms with Crippen molar-refractivity contribution in [1.82, 2.24) is 10.0 Å². The molecule has 0 fully saturated rings. The fourth-order valence-corrected chi connectivity index (χ4v) is 4.35. The van der Waals surface area contributed by atoms with Gasteiger partial charge in [0.2, 0.25) is 15.9 Å². The molecule has 31 heavy (non-hydrogen) atoms. The monoisotopic (exact) mass is 468 g/mol. The number of sulfonamides is 1. The van der Waals surface area contributed by atoms with Crippen LogP contribution < -0.4 is 10.0 Å². The van der Waals surface area contributed by atoms with E-state index in [1.165, 1.54) is 18.2 Å². The fourth-order valence-electron chi connectivity index (χ4n) is 2.65. The fraction of sp³-hybridized carbons (Fsp3) is 0.286. The van der Waals surface area contributed by atoms with Crippen LogP contribution >= 0.6 is 0 Å². The van der Waals surface area contributed by atoms with Crippen molar-refractivity contribution in [2.45, 2.75) is 18.9 Å². The number of carbonyl (C=O) groups excluding carboxylic acids is 1. The van der Waals surface area contributed by atoms with Crippen molar-refractivity contribution in [2.75, 3.05) is 18.6 Å². The Morgan fingerprint density at radius 1 is 1.03 bits per heavy atom. The standard InChI is InChI=1S/C21H25FN2O5S2/c1-30(26,27)15-13-20(21(25)23-14-11-18-7-9-19(22)10-8-18)24-31(28,29)16-12-17-5-3-2-4-6-17/h2-10,12,16,20,24H,11,13-15H2,1H3,(H,23,25)/b16-12+. The Labute approximate surface area is 182 Å². The molecule has 0 heterocycles. The summed E-state index contributed by atoms with van der Waals surface area (Å²) in [6.45, 7) is 0.182. The first-order valence-electron chi connectivity index (χ1n) is 9.49. The van der Waals surface area contributed by atoms with Gasteiger partial charge in [0, 0.05) is 18.2 Å². The molecule has 2 aromatic rings. The number of hydrogen-bond acceptors (Lipinski definition) is 5. The third-order valence-electron chi connectivity index (χ3n) is 4.27. The third kappa shape index (κ3) is 9.86. The number of halogens is 1. The van der Waals surface area contributed by atoms with Gasteiger partial charge in [-0.25, -0.2) is 21.2 Å². The van der Waals surface area contributed by atoms with Gasteiger partial charge in [-0.3, -0.25) is 4.79 Å². The molecule has 0 spiro atoms. The molecular weight excluding hydrogens is 443 g/mol. The average molecular weight is 469 g/mol. The van der Waals surface area contributed by atoms with Gasteiger partial charge in [-0.05, 0) is 42.2 Å². The molecule has 0 aliphatic rings. The van der Waals surface area contributed by atoms with Crippen LogP contribution in [0.4, 0.5) is 4.39 Å². The summed E-state index contributed by atoms with van der Waals surface area (Å²) in [6.07, 6.45) is 2.59. The summed E-state index contributed by atoms with van der Waals surface area (Å²) in [5.74, 6) is -1.36. The third-order valence-corrected chi connectivity index (χ3v) is 6.35. The number of amides is 1. The van der Waals surface area contributed by atoms with E-state index >= 15 is 0 Å². The number of hydrogen-bond donors (Lipinski definition) is 2. The predicted molar refractivity (Wildman–Crippen MR) is 119 cm³/mol. The largest absolute Gasteiger partial charge is 0.354 e. The molecule has 10 heteroatoms. The highest BCUT2D eigenvalue weighted by Crippen LogP contribution is 2.06. The van der Waals surface area contributed by atoms with Crippen LogP contribution in [0.1, 0.15) is 17.5 Å². The van der Waals surface area contributed by atoms with Crippen molar-refractivity contribution in [3.8, 4) is 0 Å². The normalized spacial score (nSPS) is 13.2. The smallest absolute Gasteiger partial charge is 0.238 e. The first kappa shape index (κ1) is 24.7. The van der Waals surface area contributed by atoms with Crippen LogP contribution in [0.3, 0.4) is 0 Å². The van der Waals surface area contributed by atoms with Crippen molar-refractivity contribution < 1.29 is 26.0 Å². The van der Waals surface area contributed by atoms with Crippen molar-refractivity contribution in [3.63, 3.8) is 0 Å². The summed E-state index contributed by atoms with van der Waals surface area (Å²) in [7, 11) is -7.40. The van der Waals surface area contributed by atoms with E-state index in [0.717, 1.165) is 17.2 Å². The summed E-state index contributed by atoms with van der Waals surface area (Å²) >= 11 is 0. The van der Waals surface area contributed by atoms with Crippen LogP contribution in [0.5, 0.6) is 0 Å². The topological polar surface area (TPSA) is 109 Å². The van der Waals surface area contributed by atoms with Gasteiger partial charge in [0.25, 0.3) is 0 Å². The minimum atomic E-state index is -4.00. The number of sulfone groups is 1. The first-order chi connectivity index (χ1) is 14.5. The summed E-state index contributed by atoms with van der Waals surface area (Å²) in [6, 6.07) is 13.3. The maximum absolute atomic E-state index is 13.0. The van der Waals surface area contributed by atoms with Crippen molar-refractivity contribution in [3.05, 3.63) is 76.9 Å². The Balaban J connectivity index is 2.03. The molecule has 0 aromatic heterocycles. The van der Waals surface area contributed by atoms with Crippen LogP contribution in [-0.2, 0) is 31.1 Å². The summed E-state index contributed by atoms with van der Waals surface area (Å²) in [5.41, 5.74) is 1.45. The van der Waals surface area contributed by atoms with E-state index in [0.29, 0.717) is 12.0 Å². The molecule has 0 radical (unpaired) electrons. The Bertz CT molecular complexity index is 1100. The minimum Gasteiger partial charge on any atom is -0.354 e. The summed E-state index contributed by atoms with van der Waals surface area (Å²) < 4.78 is 63.0. The zero-order chi connectivity index (χ0) is 22.9. The lowest BCUT2D eigenvalue weighted by atomic mass is 10.1. The molecule has 168 valence electrons. The van der Waals surface area contributed by atoms with Gasteiger partial charge in [-0.15, -0.1) is 0 Å². The maximum Gasteiger partial charge on any atom is 0.238 e. The Kier molecular flexibility index (Phi) is 8.90. The van der Waals surface area contributed by atoms with Gasteiger partial charge in [0.1, 0.15) is 21.7 Å². The average Bonchev–Trinajstić information content (AvgIpc) is 2.71. The van der Waals surface area contributed by atoms with E-state index in [-0.39, 0.29) is 24.5 Å². The highest BCUT2D eigenvalue weighted by Gasteiger charge is 2.24. The molecule has 0 saturated heterocycles. The molecule has 2 N–H and O–H groups in total. The Morgan fingerprint density at radius 2 is 1.68 bits per heavy atom. The molecule has 1 atom stereocenters. The molecule has 0 aliphatic heterocycles. The highest BCUT2D eigenvalue weighted by molar-refractivity contribution is 7.92. The van der Waals surface area contributed by atoms with Gasteiger partial charge < -0.3 is 5.32 Å². The van der Waals surface area contributed by atoms with Crippen LogP contribution in [0.15, 0.2) is 60.0 Å². The van der Waals surface area contributed by atoms with Gasteiger partial charge in [-0.2, -0.15) is 4.72 Å².